The van der Waals surface area contributed by atoms with Gasteiger partial charge in [-0.2, -0.15) is 0 Å². The Morgan fingerprint density at radius 3 is 2.94 bits per heavy atom. The van der Waals surface area contributed by atoms with Crippen LogP contribution in [0.2, 0.25) is 4.34 Å². The summed E-state index contributed by atoms with van der Waals surface area (Å²) in [5.41, 5.74) is 1.18. The number of hydrogen-bond donors (Lipinski definition) is 3. The molecular weight excluding hydrogens is 244 g/mol. The number of nitrogens with one attached hydrogen (secondary N) is 2. The Morgan fingerprint density at radius 1 is 1.44 bits per heavy atom. The second-order valence-corrected chi connectivity index (χ2v) is 5.25. The predicted molar refractivity (Wildman–Crippen MR) is 66.8 cm³/mol. The Balaban J connectivity index is 1.78. The largest absolute Gasteiger partial charge is 0.386 e. The normalized spacial score (nSPS) is 12.9. The second-order valence-electron chi connectivity index (χ2n) is 3.51. The third-order valence-electron chi connectivity index (χ3n) is 2.25. The number of aliphatic hydroxyl groups excluding tert-OH is 1. The summed E-state index contributed by atoms with van der Waals surface area (Å²) in [5, 5.41) is 13.0. The summed E-state index contributed by atoms with van der Waals surface area (Å²) < 4.78 is 0.708. The lowest BCUT2D eigenvalue weighted by Gasteiger charge is -2.09. The molecule has 0 radical (unpaired) electrons. The van der Waals surface area contributed by atoms with Gasteiger partial charge in [0.05, 0.1) is 4.34 Å². The zero-order chi connectivity index (χ0) is 11.4. The van der Waals surface area contributed by atoms with Crippen LogP contribution < -0.4 is 5.32 Å². The number of hydrogen-bond acceptors (Lipinski definition) is 3. The summed E-state index contributed by atoms with van der Waals surface area (Å²) in [6, 6.07) is 5.66. The minimum absolute atomic E-state index is 0.489. The summed E-state index contributed by atoms with van der Waals surface area (Å²) in [6.45, 7) is 1.28. The van der Waals surface area contributed by atoms with Crippen molar-refractivity contribution in [2.24, 2.45) is 0 Å². The molecule has 2 aromatic rings. The van der Waals surface area contributed by atoms with Gasteiger partial charge in [-0.1, -0.05) is 11.6 Å². The van der Waals surface area contributed by atoms with Crippen LogP contribution in [0.5, 0.6) is 0 Å². The fourth-order valence-corrected chi connectivity index (χ4v) is 2.48. The van der Waals surface area contributed by atoms with Crippen molar-refractivity contribution in [3.63, 3.8) is 0 Å². The molecule has 2 aromatic heterocycles. The molecule has 5 heteroatoms. The van der Waals surface area contributed by atoms with Crippen molar-refractivity contribution >= 4 is 22.9 Å². The van der Waals surface area contributed by atoms with Gasteiger partial charge in [0, 0.05) is 30.4 Å². The lowest BCUT2D eigenvalue weighted by molar-refractivity contribution is 0.178. The van der Waals surface area contributed by atoms with Gasteiger partial charge >= 0.3 is 0 Å². The molecule has 2 rings (SSSR count). The van der Waals surface area contributed by atoms with Crippen LogP contribution in [0.3, 0.4) is 0 Å². The van der Waals surface area contributed by atoms with Gasteiger partial charge in [-0.25, -0.2) is 0 Å². The molecule has 0 aliphatic carbocycles. The third kappa shape index (κ3) is 3.09. The average molecular weight is 257 g/mol. The molecule has 0 saturated heterocycles. The maximum atomic E-state index is 9.84. The van der Waals surface area contributed by atoms with E-state index >= 15 is 0 Å². The first-order valence-corrected chi connectivity index (χ1v) is 6.21. The summed E-state index contributed by atoms with van der Waals surface area (Å²) in [6.07, 6.45) is 3.32. The van der Waals surface area contributed by atoms with Gasteiger partial charge in [-0.3, -0.25) is 0 Å². The summed E-state index contributed by atoms with van der Waals surface area (Å²) in [7, 11) is 0. The predicted octanol–water partition coefficient (Wildman–Crippen LogP) is 2.55. The Bertz CT molecular complexity index is 427. The highest BCUT2D eigenvalue weighted by Crippen LogP contribution is 2.26. The van der Waals surface area contributed by atoms with E-state index in [2.05, 4.69) is 10.3 Å². The number of aromatic amines is 1. The molecule has 1 unspecified atom stereocenters. The molecule has 0 aromatic carbocycles. The minimum atomic E-state index is -0.489. The Labute approximate surface area is 103 Å². The molecule has 0 amide bonds. The molecule has 2 heterocycles. The van der Waals surface area contributed by atoms with Gasteiger partial charge < -0.3 is 15.4 Å². The monoisotopic (exact) mass is 256 g/mol. The van der Waals surface area contributed by atoms with E-state index in [-0.39, 0.29) is 0 Å². The summed E-state index contributed by atoms with van der Waals surface area (Å²) in [5.74, 6) is 0. The Hall–Kier alpha value is -0.810. The smallest absolute Gasteiger partial charge is 0.101 e. The maximum Gasteiger partial charge on any atom is 0.101 e. The Kier molecular flexibility index (Phi) is 4.01. The summed E-state index contributed by atoms with van der Waals surface area (Å²) >= 11 is 7.22. The number of aliphatic hydroxyl groups is 1. The fraction of sp³-hybridized carbons (Fsp3) is 0.273. The van der Waals surface area contributed by atoms with E-state index in [0.717, 1.165) is 11.4 Å². The van der Waals surface area contributed by atoms with Crippen molar-refractivity contribution in [1.82, 2.24) is 10.3 Å². The SMILES string of the molecule is OC(CNCc1cc[nH]c1)c1ccc(Cl)s1. The van der Waals surface area contributed by atoms with E-state index in [1.54, 1.807) is 6.07 Å². The van der Waals surface area contributed by atoms with Crippen LogP contribution in [-0.4, -0.2) is 16.6 Å². The number of aromatic nitrogens is 1. The van der Waals surface area contributed by atoms with Gasteiger partial charge in [-0.15, -0.1) is 11.3 Å². The van der Waals surface area contributed by atoms with Crippen molar-refractivity contribution < 1.29 is 5.11 Å². The zero-order valence-electron chi connectivity index (χ0n) is 8.61. The van der Waals surface area contributed by atoms with E-state index < -0.39 is 6.10 Å². The molecule has 16 heavy (non-hydrogen) atoms. The highest BCUT2D eigenvalue weighted by atomic mass is 35.5. The lowest BCUT2D eigenvalue weighted by atomic mass is 10.3. The molecule has 0 fully saturated rings. The molecule has 1 atom stereocenters. The van der Waals surface area contributed by atoms with Crippen molar-refractivity contribution in [3.8, 4) is 0 Å². The summed E-state index contributed by atoms with van der Waals surface area (Å²) in [4.78, 5) is 3.88. The van der Waals surface area contributed by atoms with Crippen molar-refractivity contribution in [1.29, 1.82) is 0 Å². The van der Waals surface area contributed by atoms with Crippen LogP contribution >= 0.6 is 22.9 Å². The first-order valence-electron chi connectivity index (χ1n) is 5.01. The number of halogens is 1. The molecule has 86 valence electrons. The van der Waals surface area contributed by atoms with Gasteiger partial charge in [-0.05, 0) is 23.8 Å². The van der Waals surface area contributed by atoms with E-state index in [9.17, 15) is 5.11 Å². The third-order valence-corrected chi connectivity index (χ3v) is 3.58. The van der Waals surface area contributed by atoms with Crippen molar-refractivity contribution in [3.05, 3.63) is 45.4 Å². The first kappa shape index (κ1) is 11.7. The van der Waals surface area contributed by atoms with E-state index in [4.69, 9.17) is 11.6 Å². The van der Waals surface area contributed by atoms with E-state index in [1.165, 1.54) is 16.9 Å². The molecule has 0 aliphatic rings. The molecular formula is C11H13ClN2OS. The minimum Gasteiger partial charge on any atom is -0.386 e. The van der Waals surface area contributed by atoms with Gasteiger partial charge in [0.1, 0.15) is 6.10 Å². The first-order chi connectivity index (χ1) is 7.75. The van der Waals surface area contributed by atoms with Crippen LogP contribution in [0.25, 0.3) is 0 Å². The van der Waals surface area contributed by atoms with E-state index in [0.29, 0.717) is 10.9 Å². The average Bonchev–Trinajstić information content (AvgIpc) is 2.89. The van der Waals surface area contributed by atoms with Crippen LogP contribution in [0.15, 0.2) is 30.6 Å². The van der Waals surface area contributed by atoms with Gasteiger partial charge in [0.15, 0.2) is 0 Å². The van der Waals surface area contributed by atoms with Gasteiger partial charge in [0.25, 0.3) is 0 Å². The maximum absolute atomic E-state index is 9.84. The molecule has 0 saturated carbocycles. The van der Waals surface area contributed by atoms with Crippen molar-refractivity contribution in [2.75, 3.05) is 6.54 Å². The number of rotatable bonds is 5. The molecule has 3 N–H and O–H groups in total. The highest BCUT2D eigenvalue weighted by Gasteiger charge is 2.09. The standard InChI is InChI=1S/C11H13ClN2OS/c12-11-2-1-10(16-11)9(15)7-14-6-8-3-4-13-5-8/h1-5,9,13-15H,6-7H2. The second kappa shape index (κ2) is 5.50. The van der Waals surface area contributed by atoms with E-state index in [1.807, 2.05) is 24.5 Å². The molecule has 0 aliphatic heterocycles. The highest BCUT2D eigenvalue weighted by molar-refractivity contribution is 7.16. The lowest BCUT2D eigenvalue weighted by Crippen LogP contribution is -2.20. The molecule has 0 spiro atoms. The van der Waals surface area contributed by atoms with Crippen molar-refractivity contribution in [2.45, 2.75) is 12.6 Å². The number of H-pyrrole nitrogens is 1. The quantitative estimate of drug-likeness (QED) is 0.770. The van der Waals surface area contributed by atoms with Crippen LogP contribution in [0.1, 0.15) is 16.5 Å². The van der Waals surface area contributed by atoms with Crippen LogP contribution in [0, 0.1) is 0 Å². The topological polar surface area (TPSA) is 48.0 Å². The van der Waals surface area contributed by atoms with Crippen LogP contribution in [0.4, 0.5) is 0 Å². The van der Waals surface area contributed by atoms with Gasteiger partial charge in [0.2, 0.25) is 0 Å². The number of thiophene rings is 1. The Morgan fingerprint density at radius 2 is 2.31 bits per heavy atom. The fourth-order valence-electron chi connectivity index (χ4n) is 1.43. The molecule has 0 bridgehead atoms. The van der Waals surface area contributed by atoms with Crippen LogP contribution in [-0.2, 0) is 6.54 Å². The molecule has 3 nitrogen and oxygen atoms in total. The zero-order valence-corrected chi connectivity index (χ0v) is 10.2.